The van der Waals surface area contributed by atoms with E-state index in [0.29, 0.717) is 11.1 Å². The summed E-state index contributed by atoms with van der Waals surface area (Å²) in [7, 11) is 0. The van der Waals surface area contributed by atoms with E-state index >= 15 is 0 Å². The molecule has 25 heavy (non-hydrogen) atoms. The highest BCUT2D eigenvalue weighted by Gasteiger charge is 2.22. The number of halogens is 1. The molecule has 0 unspecified atom stereocenters. The first-order valence-corrected chi connectivity index (χ1v) is 7.32. The molecule has 0 saturated carbocycles. The zero-order valence-electron chi connectivity index (χ0n) is 13.3. The molecule has 0 radical (unpaired) electrons. The van der Waals surface area contributed by atoms with Gasteiger partial charge in [0.1, 0.15) is 12.0 Å². The van der Waals surface area contributed by atoms with Crippen LogP contribution in [0.5, 0.6) is 5.75 Å². The van der Waals surface area contributed by atoms with Crippen LogP contribution in [0, 0.1) is 22.9 Å². The predicted octanol–water partition coefficient (Wildman–Crippen LogP) is 3.63. The quantitative estimate of drug-likeness (QED) is 0.514. The standard InChI is InChI=1S/C16H13FN4O4/c1-9-5-6-11(8-12(9)17)14-19-16(25-20-14)10(2)24-13-4-3-7-18-15(13)21(22)23/h3-8,10H,1-2H3/t10-/m1/s1. The summed E-state index contributed by atoms with van der Waals surface area (Å²) >= 11 is 0. The van der Waals surface area contributed by atoms with Gasteiger partial charge in [0.25, 0.3) is 5.89 Å². The van der Waals surface area contributed by atoms with Gasteiger partial charge in [-0.3, -0.25) is 0 Å². The average molecular weight is 344 g/mol. The molecule has 0 saturated heterocycles. The van der Waals surface area contributed by atoms with Crippen LogP contribution in [-0.4, -0.2) is 20.0 Å². The molecule has 0 N–H and O–H groups in total. The monoisotopic (exact) mass is 344 g/mol. The minimum atomic E-state index is -0.751. The Bertz CT molecular complexity index is 928. The summed E-state index contributed by atoms with van der Waals surface area (Å²) in [5.74, 6) is -0.492. The summed E-state index contributed by atoms with van der Waals surface area (Å²) in [6.07, 6.45) is 0.548. The van der Waals surface area contributed by atoms with Crippen molar-refractivity contribution in [1.82, 2.24) is 15.1 Å². The SMILES string of the molecule is Cc1ccc(-c2noc([C@@H](C)Oc3cccnc3[N+](=O)[O-])n2)cc1F. The Morgan fingerprint density at radius 2 is 2.16 bits per heavy atom. The molecule has 9 heteroatoms. The van der Waals surface area contributed by atoms with Crippen LogP contribution in [0.4, 0.5) is 10.2 Å². The van der Waals surface area contributed by atoms with Crippen LogP contribution in [0.1, 0.15) is 24.5 Å². The second-order valence-electron chi connectivity index (χ2n) is 5.26. The number of hydrogen-bond donors (Lipinski definition) is 0. The molecule has 1 atom stereocenters. The maximum atomic E-state index is 13.7. The fraction of sp³-hybridized carbons (Fsp3) is 0.188. The lowest BCUT2D eigenvalue weighted by molar-refractivity contribution is -0.390. The van der Waals surface area contributed by atoms with E-state index in [4.69, 9.17) is 9.26 Å². The van der Waals surface area contributed by atoms with Crippen LogP contribution in [-0.2, 0) is 0 Å². The lowest BCUT2D eigenvalue weighted by Gasteiger charge is -2.09. The number of pyridine rings is 1. The molecule has 3 rings (SSSR count). The number of nitrogens with zero attached hydrogens (tertiary/aromatic N) is 4. The number of rotatable bonds is 5. The van der Waals surface area contributed by atoms with Crippen LogP contribution in [0.15, 0.2) is 41.1 Å². The van der Waals surface area contributed by atoms with Crippen molar-refractivity contribution < 1.29 is 18.6 Å². The Morgan fingerprint density at radius 3 is 2.88 bits per heavy atom. The Hall–Kier alpha value is -3.36. The lowest BCUT2D eigenvalue weighted by Crippen LogP contribution is -2.06. The summed E-state index contributed by atoms with van der Waals surface area (Å²) in [6, 6.07) is 7.53. The van der Waals surface area contributed by atoms with E-state index in [1.165, 1.54) is 24.4 Å². The van der Waals surface area contributed by atoms with Gasteiger partial charge in [-0.05, 0) is 47.5 Å². The first-order valence-electron chi connectivity index (χ1n) is 7.32. The number of ether oxygens (including phenoxy) is 1. The van der Waals surface area contributed by atoms with Gasteiger partial charge in [0.15, 0.2) is 6.10 Å². The summed E-state index contributed by atoms with van der Waals surface area (Å²) in [5.41, 5.74) is 0.964. The Morgan fingerprint density at radius 1 is 1.36 bits per heavy atom. The molecule has 3 aromatic rings. The van der Waals surface area contributed by atoms with Crippen molar-refractivity contribution in [3.05, 3.63) is 63.9 Å². The Labute approximate surface area is 141 Å². The molecule has 0 aliphatic heterocycles. The van der Waals surface area contributed by atoms with Crippen molar-refractivity contribution >= 4 is 5.82 Å². The molecule has 8 nitrogen and oxygen atoms in total. The zero-order chi connectivity index (χ0) is 18.0. The fourth-order valence-electron chi connectivity index (χ4n) is 2.10. The van der Waals surface area contributed by atoms with Crippen LogP contribution in [0.25, 0.3) is 11.4 Å². The van der Waals surface area contributed by atoms with E-state index in [1.807, 2.05) is 0 Å². The van der Waals surface area contributed by atoms with Gasteiger partial charge in [0.2, 0.25) is 11.6 Å². The molecule has 0 bridgehead atoms. The van der Waals surface area contributed by atoms with Crippen molar-refractivity contribution in [2.24, 2.45) is 0 Å². The van der Waals surface area contributed by atoms with Crippen molar-refractivity contribution in [2.45, 2.75) is 20.0 Å². The third-order valence-electron chi connectivity index (χ3n) is 3.45. The molecule has 0 spiro atoms. The van der Waals surface area contributed by atoms with Crippen LogP contribution < -0.4 is 4.74 Å². The fourth-order valence-corrected chi connectivity index (χ4v) is 2.10. The van der Waals surface area contributed by atoms with Gasteiger partial charge in [-0.2, -0.15) is 4.98 Å². The minimum absolute atomic E-state index is 0.0128. The molecule has 0 aliphatic rings. The molecule has 0 aliphatic carbocycles. The molecular formula is C16H13FN4O4. The van der Waals surface area contributed by atoms with Crippen molar-refractivity contribution in [3.8, 4) is 17.1 Å². The van der Waals surface area contributed by atoms with Crippen molar-refractivity contribution in [2.75, 3.05) is 0 Å². The number of nitro groups is 1. The first-order chi connectivity index (χ1) is 12.0. The van der Waals surface area contributed by atoms with Crippen LogP contribution in [0.2, 0.25) is 0 Å². The molecule has 0 amide bonds. The third kappa shape index (κ3) is 3.44. The Kier molecular flexibility index (Phi) is 4.38. The highest BCUT2D eigenvalue weighted by atomic mass is 19.1. The maximum Gasteiger partial charge on any atom is 0.406 e. The lowest BCUT2D eigenvalue weighted by atomic mass is 10.1. The number of hydrogen-bond acceptors (Lipinski definition) is 7. The highest BCUT2D eigenvalue weighted by Crippen LogP contribution is 2.29. The third-order valence-corrected chi connectivity index (χ3v) is 3.45. The van der Waals surface area contributed by atoms with E-state index in [1.54, 1.807) is 26.0 Å². The zero-order valence-corrected chi connectivity index (χ0v) is 13.3. The molecule has 0 fully saturated rings. The average Bonchev–Trinajstić information content (AvgIpc) is 3.08. The number of benzene rings is 1. The van der Waals surface area contributed by atoms with Gasteiger partial charge in [-0.25, -0.2) is 4.39 Å². The van der Waals surface area contributed by atoms with Gasteiger partial charge < -0.3 is 19.4 Å². The summed E-state index contributed by atoms with van der Waals surface area (Å²) in [4.78, 5) is 18.1. The van der Waals surface area contributed by atoms with Crippen LogP contribution >= 0.6 is 0 Å². The minimum Gasteiger partial charge on any atom is -0.473 e. The smallest absolute Gasteiger partial charge is 0.406 e. The topological polar surface area (TPSA) is 104 Å². The van der Waals surface area contributed by atoms with Crippen molar-refractivity contribution in [1.29, 1.82) is 0 Å². The second kappa shape index (κ2) is 6.63. The van der Waals surface area contributed by atoms with E-state index < -0.39 is 16.8 Å². The second-order valence-corrected chi connectivity index (χ2v) is 5.26. The van der Waals surface area contributed by atoms with Gasteiger partial charge in [-0.15, -0.1) is 0 Å². The van der Waals surface area contributed by atoms with Crippen molar-refractivity contribution in [3.63, 3.8) is 0 Å². The normalized spacial score (nSPS) is 12.0. The maximum absolute atomic E-state index is 13.7. The molecular weight excluding hydrogens is 331 g/mol. The van der Waals surface area contributed by atoms with E-state index in [-0.39, 0.29) is 23.3 Å². The van der Waals surface area contributed by atoms with Gasteiger partial charge in [0.05, 0.1) is 0 Å². The largest absolute Gasteiger partial charge is 0.473 e. The summed E-state index contributed by atoms with van der Waals surface area (Å²) < 4.78 is 24.3. The molecule has 1 aromatic carbocycles. The summed E-state index contributed by atoms with van der Waals surface area (Å²) in [5, 5.41) is 14.8. The number of aromatic nitrogens is 3. The van der Waals surface area contributed by atoms with Gasteiger partial charge in [0, 0.05) is 5.56 Å². The molecule has 2 heterocycles. The van der Waals surface area contributed by atoms with E-state index in [2.05, 4.69) is 15.1 Å². The van der Waals surface area contributed by atoms with E-state index in [9.17, 15) is 14.5 Å². The molecule has 128 valence electrons. The van der Waals surface area contributed by atoms with Gasteiger partial charge in [-0.1, -0.05) is 17.3 Å². The summed E-state index contributed by atoms with van der Waals surface area (Å²) in [6.45, 7) is 3.25. The first kappa shape index (κ1) is 16.5. The number of aryl methyl sites for hydroxylation is 1. The van der Waals surface area contributed by atoms with E-state index in [0.717, 1.165) is 0 Å². The van der Waals surface area contributed by atoms with Crippen LogP contribution in [0.3, 0.4) is 0 Å². The predicted molar refractivity (Wildman–Crippen MR) is 84.4 cm³/mol. The highest BCUT2D eigenvalue weighted by molar-refractivity contribution is 5.55. The Balaban J connectivity index is 1.82. The van der Waals surface area contributed by atoms with Gasteiger partial charge >= 0.3 is 5.82 Å². The molecule has 2 aromatic heterocycles.